The molecule has 1 aliphatic rings. The van der Waals surface area contributed by atoms with Gasteiger partial charge in [-0.1, -0.05) is 60.7 Å². The Kier molecular flexibility index (Phi) is 6.41. The van der Waals surface area contributed by atoms with Crippen LogP contribution in [0.1, 0.15) is 24.0 Å². The third-order valence-electron chi connectivity index (χ3n) is 4.01. The van der Waals surface area contributed by atoms with E-state index in [9.17, 15) is 0 Å². The van der Waals surface area contributed by atoms with Crippen LogP contribution in [0, 0.1) is 0 Å². The van der Waals surface area contributed by atoms with Gasteiger partial charge in [-0.2, -0.15) is 0 Å². The monoisotopic (exact) mass is 354 g/mol. The second-order valence-corrected chi connectivity index (χ2v) is 6.43. The number of hydrogen-bond acceptors (Lipinski definition) is 3. The lowest BCUT2D eigenvalue weighted by atomic mass is 10.1. The Morgan fingerprint density at radius 2 is 1.68 bits per heavy atom. The van der Waals surface area contributed by atoms with Crippen LogP contribution in [-0.2, 0) is 4.74 Å². The van der Waals surface area contributed by atoms with Crippen LogP contribution in [-0.4, -0.2) is 29.1 Å². The van der Waals surface area contributed by atoms with Gasteiger partial charge in [0.2, 0.25) is 0 Å². The number of benzene rings is 2. The fraction of sp³-hybridized carbons (Fsp3) is 0.238. The number of ether oxygens (including phenoxy) is 1. The maximum atomic E-state index is 6.11. The quantitative estimate of drug-likeness (QED) is 0.281. The number of halogens is 1. The van der Waals surface area contributed by atoms with E-state index in [1.54, 1.807) is 4.42 Å². The summed E-state index contributed by atoms with van der Waals surface area (Å²) in [5, 5.41) is 0. The Balaban J connectivity index is 1.54. The fourth-order valence-electron chi connectivity index (χ4n) is 2.69. The summed E-state index contributed by atoms with van der Waals surface area (Å²) in [6, 6.07) is 20.5. The van der Waals surface area contributed by atoms with Gasteiger partial charge in [0, 0.05) is 36.3 Å². The van der Waals surface area contributed by atoms with Crippen LogP contribution in [0.15, 0.2) is 73.1 Å². The van der Waals surface area contributed by atoms with Crippen LogP contribution >= 0.6 is 11.8 Å². The normalized spacial score (nSPS) is 14.2. The van der Waals surface area contributed by atoms with Crippen molar-refractivity contribution in [3.8, 4) is 0 Å². The Morgan fingerprint density at radius 3 is 2.36 bits per heavy atom. The minimum atomic E-state index is 0.704. The van der Waals surface area contributed by atoms with E-state index in [0.717, 1.165) is 42.9 Å². The summed E-state index contributed by atoms with van der Waals surface area (Å²) in [5.41, 5.74) is 2.25. The summed E-state index contributed by atoms with van der Waals surface area (Å²) in [4.78, 5) is 2.20. The topological polar surface area (TPSA) is 15.7 Å². The summed E-state index contributed by atoms with van der Waals surface area (Å²) < 4.78 is 7.77. The van der Waals surface area contributed by atoms with Crippen molar-refractivity contribution in [1.29, 1.82) is 0 Å². The first-order valence-corrected chi connectivity index (χ1v) is 8.95. The molecule has 0 unspecified atom stereocenters. The number of rotatable bonds is 8. The zero-order valence-corrected chi connectivity index (χ0v) is 15.0. The van der Waals surface area contributed by atoms with E-state index in [-0.39, 0.29) is 0 Å². The molecule has 0 fully saturated rings. The molecule has 3 rings (SSSR count). The molecule has 0 N–H and O–H groups in total. The number of hydrogen-bond donors (Lipinski definition) is 0. The van der Waals surface area contributed by atoms with Gasteiger partial charge < -0.3 is 9.64 Å². The SMILES string of the molecule is ClN1C=CN(CCCCO/C(=C/c2ccccc2)c2ccccc2)C1. The summed E-state index contributed by atoms with van der Waals surface area (Å²) in [5.74, 6) is 0.916. The van der Waals surface area contributed by atoms with E-state index in [4.69, 9.17) is 16.5 Å². The Bertz CT molecular complexity index is 700. The summed E-state index contributed by atoms with van der Waals surface area (Å²) >= 11 is 5.91. The number of unbranched alkanes of at least 4 members (excludes halogenated alkanes) is 1. The predicted octanol–water partition coefficient (Wildman–Crippen LogP) is 5.18. The molecule has 0 aliphatic carbocycles. The first-order chi connectivity index (χ1) is 12.3. The standard InChI is InChI=1S/C21H23ClN2O/c22-24-15-14-23(18-24)13-7-8-16-25-21(20-11-5-2-6-12-20)17-19-9-3-1-4-10-19/h1-6,9-12,14-15,17H,7-8,13,16,18H2/b21-17+. The first kappa shape index (κ1) is 17.4. The molecule has 1 heterocycles. The molecule has 0 saturated heterocycles. The molecule has 25 heavy (non-hydrogen) atoms. The first-order valence-electron chi connectivity index (χ1n) is 8.61. The average molecular weight is 355 g/mol. The van der Waals surface area contributed by atoms with Crippen LogP contribution < -0.4 is 0 Å². The molecule has 0 bridgehead atoms. The van der Waals surface area contributed by atoms with Gasteiger partial charge in [0.05, 0.1) is 6.61 Å². The highest BCUT2D eigenvalue weighted by molar-refractivity contribution is 6.14. The summed E-state index contributed by atoms with van der Waals surface area (Å²) in [6.45, 7) is 2.45. The second-order valence-electron chi connectivity index (χ2n) is 5.99. The van der Waals surface area contributed by atoms with Crippen molar-refractivity contribution in [2.75, 3.05) is 19.8 Å². The van der Waals surface area contributed by atoms with Gasteiger partial charge in [0.25, 0.3) is 0 Å². The largest absolute Gasteiger partial charge is 0.493 e. The molecule has 0 spiro atoms. The average Bonchev–Trinajstić information content (AvgIpc) is 3.07. The minimum absolute atomic E-state index is 0.704. The third kappa shape index (κ3) is 5.57. The van der Waals surface area contributed by atoms with Crippen molar-refractivity contribution < 1.29 is 4.74 Å². The van der Waals surface area contributed by atoms with Gasteiger partial charge in [0.1, 0.15) is 12.4 Å². The zero-order valence-electron chi connectivity index (χ0n) is 14.2. The highest BCUT2D eigenvalue weighted by atomic mass is 35.5. The van der Waals surface area contributed by atoms with E-state index < -0.39 is 0 Å². The van der Waals surface area contributed by atoms with E-state index >= 15 is 0 Å². The van der Waals surface area contributed by atoms with Gasteiger partial charge in [-0.25, -0.2) is 0 Å². The van der Waals surface area contributed by atoms with Crippen molar-refractivity contribution in [1.82, 2.24) is 9.32 Å². The summed E-state index contributed by atoms with van der Waals surface area (Å²) in [7, 11) is 0. The minimum Gasteiger partial charge on any atom is -0.493 e. The molecule has 0 aromatic heterocycles. The zero-order chi connectivity index (χ0) is 17.3. The molecule has 2 aromatic carbocycles. The Morgan fingerprint density at radius 1 is 0.960 bits per heavy atom. The van der Waals surface area contributed by atoms with Crippen LogP contribution in [0.4, 0.5) is 0 Å². The molecular weight excluding hydrogens is 332 g/mol. The van der Waals surface area contributed by atoms with Gasteiger partial charge in [-0.15, -0.1) is 0 Å². The Labute approximate surface area is 154 Å². The van der Waals surface area contributed by atoms with Gasteiger partial charge in [-0.3, -0.25) is 4.42 Å². The lowest BCUT2D eigenvalue weighted by Crippen LogP contribution is -2.21. The highest BCUT2D eigenvalue weighted by Crippen LogP contribution is 2.20. The lowest BCUT2D eigenvalue weighted by Gasteiger charge is -2.17. The molecule has 3 nitrogen and oxygen atoms in total. The third-order valence-corrected chi connectivity index (χ3v) is 4.23. The molecule has 1 aliphatic heterocycles. The summed E-state index contributed by atoms with van der Waals surface area (Å²) in [6.07, 6.45) is 8.09. The van der Waals surface area contributed by atoms with Gasteiger partial charge >= 0.3 is 0 Å². The van der Waals surface area contributed by atoms with Crippen LogP contribution in [0.3, 0.4) is 0 Å². The van der Waals surface area contributed by atoms with Crippen molar-refractivity contribution in [2.24, 2.45) is 0 Å². The smallest absolute Gasteiger partial charge is 0.127 e. The number of nitrogens with zero attached hydrogens (tertiary/aromatic N) is 2. The second kappa shape index (κ2) is 9.19. The predicted molar refractivity (Wildman–Crippen MR) is 104 cm³/mol. The lowest BCUT2D eigenvalue weighted by molar-refractivity contribution is 0.256. The van der Waals surface area contributed by atoms with Crippen LogP contribution in [0.2, 0.25) is 0 Å². The van der Waals surface area contributed by atoms with Gasteiger partial charge in [-0.05, 0) is 24.5 Å². The highest BCUT2D eigenvalue weighted by Gasteiger charge is 2.09. The van der Waals surface area contributed by atoms with Crippen LogP contribution in [0.5, 0.6) is 0 Å². The van der Waals surface area contributed by atoms with Crippen molar-refractivity contribution in [3.05, 3.63) is 84.2 Å². The molecule has 130 valence electrons. The van der Waals surface area contributed by atoms with E-state index in [0.29, 0.717) is 6.61 Å². The molecule has 2 aromatic rings. The van der Waals surface area contributed by atoms with Crippen molar-refractivity contribution in [2.45, 2.75) is 12.8 Å². The molecule has 0 saturated carbocycles. The molecule has 0 radical (unpaired) electrons. The molecule has 0 amide bonds. The Hall–Kier alpha value is -2.39. The maximum Gasteiger partial charge on any atom is 0.127 e. The van der Waals surface area contributed by atoms with Crippen molar-refractivity contribution in [3.63, 3.8) is 0 Å². The molecule has 4 heteroatoms. The molecule has 0 atom stereocenters. The van der Waals surface area contributed by atoms with Crippen molar-refractivity contribution >= 4 is 23.6 Å². The fourth-order valence-corrected chi connectivity index (χ4v) is 2.88. The van der Waals surface area contributed by atoms with Gasteiger partial charge in [0.15, 0.2) is 0 Å². The molecular formula is C21H23ClN2O. The maximum absolute atomic E-state index is 6.11. The van der Waals surface area contributed by atoms with Crippen LogP contribution in [0.25, 0.3) is 11.8 Å². The van der Waals surface area contributed by atoms with E-state index in [2.05, 4.69) is 35.2 Å². The van der Waals surface area contributed by atoms with E-state index in [1.165, 1.54) is 0 Å². The van der Waals surface area contributed by atoms with E-state index in [1.807, 2.05) is 48.8 Å².